The summed E-state index contributed by atoms with van der Waals surface area (Å²) < 4.78 is 16.4. The predicted octanol–water partition coefficient (Wildman–Crippen LogP) is 4.11. The zero-order chi connectivity index (χ0) is 22.0. The van der Waals surface area contributed by atoms with Crippen molar-refractivity contribution in [3.8, 4) is 17.2 Å². The lowest BCUT2D eigenvalue weighted by atomic mass is 9.73. The highest BCUT2D eigenvalue weighted by molar-refractivity contribution is 6.02. The number of ketones is 1. The molecule has 2 atom stereocenters. The Kier molecular flexibility index (Phi) is 5.98. The first kappa shape index (κ1) is 21.0. The minimum atomic E-state index is -0.236. The lowest BCUT2D eigenvalue weighted by molar-refractivity contribution is -0.122. The molecule has 6 heteroatoms. The highest BCUT2D eigenvalue weighted by atomic mass is 16.5. The quantitative estimate of drug-likeness (QED) is 0.760. The van der Waals surface area contributed by atoms with Crippen LogP contribution in [0, 0.1) is 0 Å². The van der Waals surface area contributed by atoms with E-state index in [0.717, 1.165) is 28.1 Å². The molecular formula is C25H27NO5. The normalized spacial score (nSPS) is 20.7. The van der Waals surface area contributed by atoms with E-state index in [0.29, 0.717) is 30.9 Å². The summed E-state index contributed by atoms with van der Waals surface area (Å²) in [5, 5.41) is 2.97. The van der Waals surface area contributed by atoms with Crippen molar-refractivity contribution in [3.63, 3.8) is 0 Å². The molecule has 0 fully saturated rings. The fourth-order valence-corrected chi connectivity index (χ4v) is 4.59. The second-order valence-corrected chi connectivity index (χ2v) is 7.84. The summed E-state index contributed by atoms with van der Waals surface area (Å²) in [6.45, 7) is 2.53. The number of hydrogen-bond donors (Lipinski definition) is 1. The smallest absolute Gasteiger partial charge is 0.225 e. The Labute approximate surface area is 182 Å². The average molecular weight is 421 g/mol. The number of rotatable bonds is 6. The Hall–Kier alpha value is -3.28. The van der Waals surface area contributed by atoms with Gasteiger partial charge < -0.3 is 19.5 Å². The van der Waals surface area contributed by atoms with Crippen LogP contribution in [0.15, 0.2) is 53.7 Å². The molecule has 0 bridgehead atoms. The van der Waals surface area contributed by atoms with Crippen molar-refractivity contribution in [1.82, 2.24) is 5.32 Å². The van der Waals surface area contributed by atoms with Crippen LogP contribution in [0.25, 0.3) is 0 Å². The minimum absolute atomic E-state index is 0.0648. The van der Waals surface area contributed by atoms with Crippen molar-refractivity contribution in [2.24, 2.45) is 0 Å². The van der Waals surface area contributed by atoms with Gasteiger partial charge in [-0.25, -0.2) is 0 Å². The highest BCUT2D eigenvalue weighted by Crippen LogP contribution is 2.45. The van der Waals surface area contributed by atoms with Crippen LogP contribution in [0.2, 0.25) is 0 Å². The number of nitrogens with one attached hydrogen (secondary N) is 1. The molecule has 0 saturated carbocycles. The highest BCUT2D eigenvalue weighted by Gasteiger charge is 2.38. The van der Waals surface area contributed by atoms with Gasteiger partial charge in [-0.15, -0.1) is 0 Å². The van der Waals surface area contributed by atoms with E-state index in [-0.39, 0.29) is 29.9 Å². The van der Waals surface area contributed by atoms with E-state index in [2.05, 4.69) is 5.32 Å². The number of methoxy groups -OCH3 is 2. The fraction of sp³-hybridized carbons (Fsp3) is 0.360. The van der Waals surface area contributed by atoms with Gasteiger partial charge in [0, 0.05) is 41.5 Å². The topological polar surface area (TPSA) is 73.9 Å². The number of Topliss-reactive ketones (excluding diaryl/α,β-unsaturated/α-hetero) is 1. The summed E-state index contributed by atoms with van der Waals surface area (Å²) in [4.78, 5) is 25.8. The summed E-state index contributed by atoms with van der Waals surface area (Å²) >= 11 is 0. The van der Waals surface area contributed by atoms with Crippen molar-refractivity contribution in [3.05, 3.63) is 64.9 Å². The van der Waals surface area contributed by atoms with E-state index < -0.39 is 0 Å². The predicted molar refractivity (Wildman–Crippen MR) is 117 cm³/mol. The van der Waals surface area contributed by atoms with Crippen LogP contribution in [-0.4, -0.2) is 32.5 Å². The molecular weight excluding hydrogens is 394 g/mol. The van der Waals surface area contributed by atoms with Gasteiger partial charge in [0.15, 0.2) is 5.78 Å². The van der Waals surface area contributed by atoms with Gasteiger partial charge in [0.25, 0.3) is 0 Å². The average Bonchev–Trinajstić information content (AvgIpc) is 2.78. The second-order valence-electron chi connectivity index (χ2n) is 7.84. The number of hydrogen-bond acceptors (Lipinski definition) is 5. The number of benzene rings is 2. The summed E-state index contributed by atoms with van der Waals surface area (Å²) in [6, 6.07) is 13.3. The van der Waals surface area contributed by atoms with E-state index in [1.165, 1.54) is 0 Å². The summed E-state index contributed by atoms with van der Waals surface area (Å²) in [6.07, 6.45) is 1.21. The molecule has 0 saturated heterocycles. The number of carbonyl (C=O) groups is 2. The zero-order valence-corrected chi connectivity index (χ0v) is 18.1. The lowest BCUT2D eigenvalue weighted by Crippen LogP contribution is -2.38. The minimum Gasteiger partial charge on any atom is -0.497 e. The van der Waals surface area contributed by atoms with Crippen LogP contribution in [0.3, 0.4) is 0 Å². The first-order valence-electron chi connectivity index (χ1n) is 10.5. The number of carbonyl (C=O) groups excluding carboxylic acids is 2. The SMILES string of the molecule is CCOc1ccc([C@H]2CC(=O)NC3=C2C(=O)C[C@H](c2cc(OC)ccc2OC)C3)cc1. The third-order valence-electron chi connectivity index (χ3n) is 6.01. The van der Waals surface area contributed by atoms with Crippen LogP contribution in [-0.2, 0) is 9.59 Å². The number of amides is 1. The summed E-state index contributed by atoms with van der Waals surface area (Å²) in [5.74, 6) is 1.88. The van der Waals surface area contributed by atoms with Crippen LogP contribution in [0.5, 0.6) is 17.2 Å². The van der Waals surface area contributed by atoms with Crippen LogP contribution in [0.1, 0.15) is 49.1 Å². The Morgan fingerprint density at radius 2 is 1.68 bits per heavy atom. The largest absolute Gasteiger partial charge is 0.497 e. The number of ether oxygens (including phenoxy) is 3. The molecule has 4 rings (SSSR count). The van der Waals surface area contributed by atoms with Gasteiger partial charge in [0.2, 0.25) is 5.91 Å². The third kappa shape index (κ3) is 4.15. The lowest BCUT2D eigenvalue weighted by Gasteiger charge is -2.35. The second kappa shape index (κ2) is 8.84. The molecule has 162 valence electrons. The summed E-state index contributed by atoms with van der Waals surface area (Å²) in [5.41, 5.74) is 3.32. The monoisotopic (exact) mass is 421 g/mol. The van der Waals surface area contributed by atoms with Crippen molar-refractivity contribution in [2.45, 2.75) is 38.0 Å². The standard InChI is InChI=1S/C25H27NO5/c1-4-31-17-7-5-15(6-8-17)20-14-24(28)26-21-11-16(12-22(27)25(20)21)19-13-18(29-2)9-10-23(19)30-3/h5-10,13,16,20H,4,11-12,14H2,1-3H3,(H,26,28)/t16-,20-/m1/s1. The first-order chi connectivity index (χ1) is 15.0. The van der Waals surface area contributed by atoms with Crippen molar-refractivity contribution in [2.75, 3.05) is 20.8 Å². The van der Waals surface area contributed by atoms with Gasteiger partial charge in [0.05, 0.1) is 20.8 Å². The van der Waals surface area contributed by atoms with Gasteiger partial charge in [-0.05, 0) is 49.2 Å². The maximum absolute atomic E-state index is 13.3. The molecule has 2 aromatic rings. The van der Waals surface area contributed by atoms with Crippen LogP contribution >= 0.6 is 0 Å². The number of allylic oxidation sites excluding steroid dienone is 2. The molecule has 0 unspecified atom stereocenters. The fourth-order valence-electron chi connectivity index (χ4n) is 4.59. The molecule has 2 aliphatic rings. The molecule has 1 aliphatic carbocycles. The van der Waals surface area contributed by atoms with Gasteiger partial charge in [-0.3, -0.25) is 9.59 Å². The van der Waals surface area contributed by atoms with E-state index in [9.17, 15) is 9.59 Å². The molecule has 1 N–H and O–H groups in total. The van der Waals surface area contributed by atoms with Crippen LogP contribution < -0.4 is 19.5 Å². The third-order valence-corrected chi connectivity index (χ3v) is 6.01. The Bertz CT molecular complexity index is 1020. The van der Waals surface area contributed by atoms with E-state index in [4.69, 9.17) is 14.2 Å². The Balaban J connectivity index is 1.68. The summed E-state index contributed by atoms with van der Waals surface area (Å²) in [7, 11) is 3.23. The molecule has 0 spiro atoms. The van der Waals surface area contributed by atoms with E-state index in [1.807, 2.05) is 49.4 Å². The molecule has 1 aliphatic heterocycles. The Morgan fingerprint density at radius 3 is 2.35 bits per heavy atom. The van der Waals surface area contributed by atoms with Gasteiger partial charge in [0.1, 0.15) is 17.2 Å². The van der Waals surface area contributed by atoms with Crippen molar-refractivity contribution >= 4 is 11.7 Å². The zero-order valence-electron chi connectivity index (χ0n) is 18.1. The molecule has 0 radical (unpaired) electrons. The van der Waals surface area contributed by atoms with Gasteiger partial charge in [-0.1, -0.05) is 12.1 Å². The first-order valence-corrected chi connectivity index (χ1v) is 10.5. The Morgan fingerprint density at radius 1 is 0.935 bits per heavy atom. The maximum Gasteiger partial charge on any atom is 0.225 e. The molecule has 1 heterocycles. The van der Waals surface area contributed by atoms with E-state index >= 15 is 0 Å². The van der Waals surface area contributed by atoms with Crippen LogP contribution in [0.4, 0.5) is 0 Å². The van der Waals surface area contributed by atoms with E-state index in [1.54, 1.807) is 14.2 Å². The van der Waals surface area contributed by atoms with Gasteiger partial charge >= 0.3 is 0 Å². The molecule has 1 amide bonds. The molecule has 6 nitrogen and oxygen atoms in total. The molecule has 31 heavy (non-hydrogen) atoms. The maximum atomic E-state index is 13.3. The van der Waals surface area contributed by atoms with Crippen molar-refractivity contribution < 1.29 is 23.8 Å². The van der Waals surface area contributed by atoms with Gasteiger partial charge in [-0.2, -0.15) is 0 Å². The molecule has 0 aromatic heterocycles. The molecule has 2 aromatic carbocycles. The van der Waals surface area contributed by atoms with Crippen molar-refractivity contribution in [1.29, 1.82) is 0 Å².